The first kappa shape index (κ1) is 13.6. The molecule has 0 unspecified atom stereocenters. The topological polar surface area (TPSA) is 77.2 Å². The monoisotopic (exact) mass is 305 g/mol. The third-order valence-corrected chi connectivity index (χ3v) is 4.39. The largest absolute Gasteiger partial charge is 0.380 e. The summed E-state index contributed by atoms with van der Waals surface area (Å²) in [6, 6.07) is 0. The van der Waals surface area contributed by atoms with Gasteiger partial charge in [0.15, 0.2) is 11.6 Å². The number of fused-ring (bicyclic) bond motifs is 1. The predicted molar refractivity (Wildman–Crippen MR) is 73.8 cm³/mol. The minimum Gasteiger partial charge on any atom is -0.380 e. The number of halogens is 1. The summed E-state index contributed by atoms with van der Waals surface area (Å²) in [5.41, 5.74) is 0. The molecule has 0 N–H and O–H groups in total. The zero-order valence-electron chi connectivity index (χ0n) is 12.1. The highest BCUT2D eigenvalue weighted by Gasteiger charge is 2.44. The van der Waals surface area contributed by atoms with E-state index in [2.05, 4.69) is 25.0 Å². The molecule has 0 aromatic carbocycles. The van der Waals surface area contributed by atoms with Gasteiger partial charge in [0.05, 0.1) is 31.5 Å². The van der Waals surface area contributed by atoms with E-state index >= 15 is 0 Å². The van der Waals surface area contributed by atoms with Crippen molar-refractivity contribution in [1.29, 1.82) is 0 Å². The molecule has 116 valence electrons. The molecule has 2 aliphatic rings. The fraction of sp³-hybridized carbons (Fsp3) is 0.571. The van der Waals surface area contributed by atoms with E-state index in [1.807, 2.05) is 6.92 Å². The highest BCUT2D eigenvalue weighted by Crippen LogP contribution is 2.39. The minimum absolute atomic E-state index is 0.0883. The maximum atomic E-state index is 13.0. The molecule has 8 heteroatoms. The average molecular weight is 305 g/mol. The van der Waals surface area contributed by atoms with Crippen molar-refractivity contribution in [3.05, 3.63) is 29.9 Å². The molecule has 2 aliphatic heterocycles. The Labute approximate surface area is 126 Å². The molecule has 2 saturated heterocycles. The average Bonchev–Trinajstić information content (AvgIpc) is 3.13. The fourth-order valence-electron chi connectivity index (χ4n) is 3.35. The van der Waals surface area contributed by atoms with Crippen LogP contribution in [0.1, 0.15) is 17.6 Å². The second kappa shape index (κ2) is 5.28. The van der Waals surface area contributed by atoms with Crippen molar-refractivity contribution in [2.75, 3.05) is 31.2 Å². The van der Waals surface area contributed by atoms with Gasteiger partial charge in [-0.3, -0.25) is 0 Å². The van der Waals surface area contributed by atoms with Gasteiger partial charge >= 0.3 is 0 Å². The Balaban J connectivity index is 1.56. The third-order valence-electron chi connectivity index (χ3n) is 4.39. The van der Waals surface area contributed by atoms with Crippen LogP contribution in [0, 0.1) is 24.6 Å². The van der Waals surface area contributed by atoms with Crippen molar-refractivity contribution >= 4 is 5.95 Å². The van der Waals surface area contributed by atoms with Crippen molar-refractivity contribution < 1.29 is 13.7 Å². The Morgan fingerprint density at radius 1 is 1.23 bits per heavy atom. The third kappa shape index (κ3) is 2.33. The molecule has 2 aromatic heterocycles. The summed E-state index contributed by atoms with van der Waals surface area (Å²) in [7, 11) is 0. The lowest BCUT2D eigenvalue weighted by Gasteiger charge is -2.30. The first-order valence-corrected chi connectivity index (χ1v) is 7.31. The molecule has 2 aromatic rings. The quantitative estimate of drug-likeness (QED) is 0.824. The first-order valence-electron chi connectivity index (χ1n) is 7.31. The standard InChI is InChI=1S/C14H16FN5O2/c1-8-18-13(22-19-8)12-7-21-6-9-4-20(5-11(9)12)14-16-2-10(15)3-17-14/h2-3,9,11-12H,4-7H2,1H3/t9-,11-,12+/m1/s1. The molecular formula is C14H16FN5O2. The van der Waals surface area contributed by atoms with E-state index in [9.17, 15) is 4.39 Å². The summed E-state index contributed by atoms with van der Waals surface area (Å²) >= 11 is 0. The zero-order valence-corrected chi connectivity index (χ0v) is 12.1. The van der Waals surface area contributed by atoms with Gasteiger partial charge in [-0.25, -0.2) is 14.4 Å². The molecule has 0 saturated carbocycles. The number of anilines is 1. The number of aryl methyl sites for hydroxylation is 1. The molecule has 0 bridgehead atoms. The molecule has 4 rings (SSSR count). The highest BCUT2D eigenvalue weighted by atomic mass is 19.1. The van der Waals surface area contributed by atoms with Crippen LogP contribution < -0.4 is 4.90 Å². The van der Waals surface area contributed by atoms with Gasteiger partial charge in [-0.2, -0.15) is 4.98 Å². The number of aromatic nitrogens is 4. The number of rotatable bonds is 2. The molecule has 0 spiro atoms. The van der Waals surface area contributed by atoms with E-state index < -0.39 is 5.82 Å². The lowest BCUT2D eigenvalue weighted by molar-refractivity contribution is 0.00996. The summed E-state index contributed by atoms with van der Waals surface area (Å²) in [4.78, 5) is 14.6. The van der Waals surface area contributed by atoms with Crippen LogP contribution in [0.25, 0.3) is 0 Å². The van der Waals surface area contributed by atoms with Gasteiger partial charge in [0.25, 0.3) is 0 Å². The van der Waals surface area contributed by atoms with Crippen molar-refractivity contribution in [3.63, 3.8) is 0 Å². The highest BCUT2D eigenvalue weighted by molar-refractivity contribution is 5.32. The van der Waals surface area contributed by atoms with Crippen LogP contribution >= 0.6 is 0 Å². The summed E-state index contributed by atoms with van der Waals surface area (Å²) < 4.78 is 24.0. The predicted octanol–water partition coefficient (Wildman–Crippen LogP) is 1.17. The maximum Gasteiger partial charge on any atom is 0.232 e. The Morgan fingerprint density at radius 3 is 2.77 bits per heavy atom. The molecule has 4 heterocycles. The number of ether oxygens (including phenoxy) is 1. The van der Waals surface area contributed by atoms with Crippen LogP contribution in [0.4, 0.5) is 10.3 Å². The van der Waals surface area contributed by atoms with Gasteiger partial charge in [-0.1, -0.05) is 5.16 Å². The lowest BCUT2D eigenvalue weighted by atomic mass is 9.83. The lowest BCUT2D eigenvalue weighted by Crippen LogP contribution is -2.33. The molecule has 2 fully saturated rings. The van der Waals surface area contributed by atoms with Gasteiger partial charge in [0, 0.05) is 19.0 Å². The van der Waals surface area contributed by atoms with Gasteiger partial charge in [-0.15, -0.1) is 0 Å². The Hall–Kier alpha value is -2.09. The molecule has 0 aliphatic carbocycles. The smallest absolute Gasteiger partial charge is 0.232 e. The van der Waals surface area contributed by atoms with E-state index in [0.717, 1.165) is 13.1 Å². The van der Waals surface area contributed by atoms with Crippen molar-refractivity contribution in [2.24, 2.45) is 11.8 Å². The van der Waals surface area contributed by atoms with Gasteiger partial charge in [0.1, 0.15) is 0 Å². The van der Waals surface area contributed by atoms with Crippen molar-refractivity contribution in [1.82, 2.24) is 20.1 Å². The fourth-order valence-corrected chi connectivity index (χ4v) is 3.35. The Morgan fingerprint density at radius 2 is 2.05 bits per heavy atom. The maximum absolute atomic E-state index is 13.0. The summed E-state index contributed by atoms with van der Waals surface area (Å²) in [6.45, 7) is 4.67. The van der Waals surface area contributed by atoms with E-state index in [1.165, 1.54) is 12.4 Å². The van der Waals surface area contributed by atoms with Crippen LogP contribution in [0.2, 0.25) is 0 Å². The van der Waals surface area contributed by atoms with Gasteiger partial charge in [0.2, 0.25) is 11.8 Å². The summed E-state index contributed by atoms with van der Waals surface area (Å²) in [5, 5.41) is 3.87. The Bertz CT molecular complexity index is 662. The Kier molecular flexibility index (Phi) is 3.25. The SMILES string of the molecule is Cc1noc([C@H]2COC[C@H]3CN(c4ncc(F)cn4)C[C@H]32)n1. The van der Waals surface area contributed by atoms with Crippen LogP contribution in [0.5, 0.6) is 0 Å². The van der Waals surface area contributed by atoms with Crippen LogP contribution in [0.15, 0.2) is 16.9 Å². The van der Waals surface area contributed by atoms with Gasteiger partial charge < -0.3 is 14.2 Å². The number of hydrogen-bond donors (Lipinski definition) is 0. The second-order valence-electron chi connectivity index (χ2n) is 5.85. The van der Waals surface area contributed by atoms with Crippen LogP contribution in [0.3, 0.4) is 0 Å². The normalized spacial score (nSPS) is 27.9. The van der Waals surface area contributed by atoms with Crippen molar-refractivity contribution in [2.45, 2.75) is 12.8 Å². The molecule has 0 amide bonds. The zero-order chi connectivity index (χ0) is 15.1. The van der Waals surface area contributed by atoms with E-state index in [0.29, 0.717) is 42.7 Å². The summed E-state index contributed by atoms with van der Waals surface area (Å²) in [6.07, 6.45) is 2.39. The van der Waals surface area contributed by atoms with E-state index in [1.54, 1.807) is 0 Å². The first-order chi connectivity index (χ1) is 10.7. The minimum atomic E-state index is -0.428. The number of nitrogens with zero attached hydrogens (tertiary/aromatic N) is 5. The van der Waals surface area contributed by atoms with E-state index in [-0.39, 0.29) is 5.92 Å². The molecular weight excluding hydrogens is 289 g/mol. The van der Waals surface area contributed by atoms with Crippen LogP contribution in [-0.4, -0.2) is 46.4 Å². The molecule has 7 nitrogen and oxygen atoms in total. The van der Waals surface area contributed by atoms with Crippen LogP contribution in [-0.2, 0) is 4.74 Å². The van der Waals surface area contributed by atoms with Crippen molar-refractivity contribution in [3.8, 4) is 0 Å². The second-order valence-corrected chi connectivity index (χ2v) is 5.85. The molecule has 22 heavy (non-hydrogen) atoms. The number of hydrogen-bond acceptors (Lipinski definition) is 7. The summed E-state index contributed by atoms with van der Waals surface area (Å²) in [5.74, 6) is 2.19. The van der Waals surface area contributed by atoms with Gasteiger partial charge in [-0.05, 0) is 12.8 Å². The van der Waals surface area contributed by atoms with E-state index in [4.69, 9.17) is 9.26 Å². The molecule has 0 radical (unpaired) electrons. The molecule has 3 atom stereocenters.